The van der Waals surface area contributed by atoms with Crippen LogP contribution < -0.4 is 5.56 Å². The molecule has 0 bridgehead atoms. The maximum atomic E-state index is 12.4. The van der Waals surface area contributed by atoms with E-state index in [1.54, 1.807) is 12.1 Å². The maximum absolute atomic E-state index is 12.4. The third-order valence-corrected chi connectivity index (χ3v) is 3.23. The molecule has 1 aromatic carbocycles. The van der Waals surface area contributed by atoms with E-state index in [9.17, 15) is 14.4 Å². The first-order chi connectivity index (χ1) is 10.2. The van der Waals surface area contributed by atoms with Crippen molar-refractivity contribution in [3.63, 3.8) is 0 Å². The van der Waals surface area contributed by atoms with Gasteiger partial charge in [-0.25, -0.2) is 4.68 Å². The smallest absolute Gasteiger partial charge is 0.327 e. The molecule has 0 fully saturated rings. The molecule has 0 atom stereocenters. The number of para-hydroxylation sites is 1. The molecule has 0 radical (unpaired) electrons. The van der Waals surface area contributed by atoms with E-state index in [4.69, 9.17) is 0 Å². The van der Waals surface area contributed by atoms with E-state index in [0.29, 0.717) is 11.8 Å². The molecule has 7 nitrogen and oxygen atoms in total. The molecule has 0 amide bonds. The van der Waals surface area contributed by atoms with Gasteiger partial charge in [-0.3, -0.25) is 18.8 Å². The van der Waals surface area contributed by atoms with E-state index in [-0.39, 0.29) is 17.9 Å². The molecular formula is C14H11N3O4. The summed E-state index contributed by atoms with van der Waals surface area (Å²) in [5.74, 6) is -0.559. The van der Waals surface area contributed by atoms with Crippen LogP contribution in [0.4, 0.5) is 0 Å². The fourth-order valence-electron chi connectivity index (χ4n) is 2.28. The first-order valence-corrected chi connectivity index (χ1v) is 6.19. The average molecular weight is 285 g/mol. The zero-order chi connectivity index (χ0) is 15.0. The summed E-state index contributed by atoms with van der Waals surface area (Å²) in [7, 11) is 1.22. The number of carbonyl (C=O) groups excluding carboxylic acids is 2. The van der Waals surface area contributed by atoms with Gasteiger partial charge in [-0.05, 0) is 12.1 Å². The number of benzene rings is 1. The van der Waals surface area contributed by atoms with Crippen molar-refractivity contribution in [3.8, 4) is 0 Å². The number of hydrogen-bond acceptors (Lipinski definition) is 5. The van der Waals surface area contributed by atoms with Crippen LogP contribution >= 0.6 is 0 Å². The number of hydrogen-bond donors (Lipinski definition) is 0. The highest BCUT2D eigenvalue weighted by Gasteiger charge is 2.15. The predicted octanol–water partition coefficient (Wildman–Crippen LogP) is 0.635. The van der Waals surface area contributed by atoms with Crippen LogP contribution in [0.2, 0.25) is 0 Å². The lowest BCUT2D eigenvalue weighted by Crippen LogP contribution is -2.30. The fourth-order valence-corrected chi connectivity index (χ4v) is 2.28. The van der Waals surface area contributed by atoms with Crippen molar-refractivity contribution in [3.05, 3.63) is 46.5 Å². The van der Waals surface area contributed by atoms with Crippen LogP contribution in [0.1, 0.15) is 10.6 Å². The van der Waals surface area contributed by atoms with Gasteiger partial charge >= 0.3 is 5.97 Å². The van der Waals surface area contributed by atoms with Crippen molar-refractivity contribution < 1.29 is 14.3 Å². The predicted molar refractivity (Wildman–Crippen MR) is 74.4 cm³/mol. The fraction of sp³-hybridized carbons (Fsp3) is 0.143. The van der Waals surface area contributed by atoms with Crippen LogP contribution in [0, 0.1) is 0 Å². The number of esters is 1. The van der Waals surface area contributed by atoms with E-state index in [1.807, 2.05) is 18.2 Å². The summed E-state index contributed by atoms with van der Waals surface area (Å²) in [5, 5.41) is 4.74. The van der Waals surface area contributed by atoms with Crippen LogP contribution in [0.25, 0.3) is 16.4 Å². The van der Waals surface area contributed by atoms with Crippen molar-refractivity contribution in [2.45, 2.75) is 6.54 Å². The summed E-state index contributed by atoms with van der Waals surface area (Å²) in [6.45, 7) is -0.339. The number of fused-ring (bicyclic) bond motifs is 3. The molecule has 0 unspecified atom stereocenters. The summed E-state index contributed by atoms with van der Waals surface area (Å²) < 4.78 is 6.94. The highest BCUT2D eigenvalue weighted by atomic mass is 16.5. The van der Waals surface area contributed by atoms with Crippen LogP contribution in [0.5, 0.6) is 0 Å². The van der Waals surface area contributed by atoms with Gasteiger partial charge in [0.25, 0.3) is 5.56 Å². The second kappa shape index (κ2) is 4.86. The number of ether oxygens (including phenoxy) is 1. The van der Waals surface area contributed by atoms with Crippen molar-refractivity contribution in [1.29, 1.82) is 0 Å². The molecule has 3 aromatic rings. The van der Waals surface area contributed by atoms with Gasteiger partial charge in [0, 0.05) is 5.39 Å². The zero-order valence-electron chi connectivity index (χ0n) is 11.1. The maximum Gasteiger partial charge on any atom is 0.327 e. The number of methoxy groups -OCH3 is 1. The minimum Gasteiger partial charge on any atom is -0.468 e. The Labute approximate surface area is 118 Å². The van der Waals surface area contributed by atoms with Crippen LogP contribution in [0.15, 0.2) is 35.1 Å². The SMILES string of the molecule is COC(=O)Cn1nc(C=O)n2c(cc3ccccc32)c1=O. The van der Waals surface area contributed by atoms with E-state index in [2.05, 4.69) is 9.84 Å². The Hall–Kier alpha value is -2.96. The number of rotatable bonds is 3. The summed E-state index contributed by atoms with van der Waals surface area (Å²) in [6.07, 6.45) is 0.548. The normalized spacial score (nSPS) is 10.9. The van der Waals surface area contributed by atoms with Gasteiger partial charge in [0.15, 0.2) is 12.1 Å². The highest BCUT2D eigenvalue weighted by molar-refractivity contribution is 5.89. The topological polar surface area (TPSA) is 82.7 Å². The molecule has 106 valence electrons. The highest BCUT2D eigenvalue weighted by Crippen LogP contribution is 2.18. The van der Waals surface area contributed by atoms with Crippen LogP contribution in [-0.4, -0.2) is 33.5 Å². The quantitative estimate of drug-likeness (QED) is 0.521. The molecule has 21 heavy (non-hydrogen) atoms. The Kier molecular flexibility index (Phi) is 3.02. The molecule has 0 N–H and O–H groups in total. The first-order valence-electron chi connectivity index (χ1n) is 6.19. The van der Waals surface area contributed by atoms with Gasteiger partial charge in [0.05, 0.1) is 12.6 Å². The first kappa shape index (κ1) is 13.0. The Bertz CT molecular complexity index is 923. The monoisotopic (exact) mass is 285 g/mol. The molecular weight excluding hydrogens is 274 g/mol. The molecule has 0 saturated carbocycles. The third-order valence-electron chi connectivity index (χ3n) is 3.23. The van der Waals surface area contributed by atoms with Crippen molar-refractivity contribution >= 4 is 28.7 Å². The van der Waals surface area contributed by atoms with Gasteiger partial charge in [0.2, 0.25) is 0 Å². The summed E-state index contributed by atoms with van der Waals surface area (Å²) in [4.78, 5) is 35.0. The summed E-state index contributed by atoms with van der Waals surface area (Å²) in [6, 6.07) is 8.94. The van der Waals surface area contributed by atoms with Gasteiger partial charge in [-0.2, -0.15) is 0 Å². The molecule has 3 rings (SSSR count). The number of aldehydes is 1. The number of nitrogens with zero attached hydrogens (tertiary/aromatic N) is 3. The summed E-state index contributed by atoms with van der Waals surface area (Å²) in [5.41, 5.74) is 0.545. The second-order valence-electron chi connectivity index (χ2n) is 4.44. The Morgan fingerprint density at radius 2 is 2.10 bits per heavy atom. The van der Waals surface area contributed by atoms with Crippen molar-refractivity contribution in [2.75, 3.05) is 7.11 Å². The van der Waals surface area contributed by atoms with Gasteiger partial charge in [-0.15, -0.1) is 5.10 Å². The second-order valence-corrected chi connectivity index (χ2v) is 4.44. The Balaban J connectivity index is 2.38. The van der Waals surface area contributed by atoms with Gasteiger partial charge in [0.1, 0.15) is 12.1 Å². The minimum atomic E-state index is -0.609. The third kappa shape index (κ3) is 1.99. The van der Waals surface area contributed by atoms with Crippen molar-refractivity contribution in [2.24, 2.45) is 0 Å². The lowest BCUT2D eigenvalue weighted by Gasteiger charge is -2.06. The molecule has 7 heteroatoms. The number of carbonyl (C=O) groups is 2. The molecule has 0 aliphatic carbocycles. The standard InChI is InChI=1S/C14H11N3O4/c1-21-13(19)7-16-14(20)11-6-9-4-2-3-5-10(9)17(11)12(8-18)15-16/h2-6,8H,7H2,1H3. The zero-order valence-corrected chi connectivity index (χ0v) is 11.1. The lowest BCUT2D eigenvalue weighted by atomic mass is 10.2. The van der Waals surface area contributed by atoms with E-state index >= 15 is 0 Å². The van der Waals surface area contributed by atoms with Crippen LogP contribution in [0.3, 0.4) is 0 Å². The molecule has 0 spiro atoms. The Morgan fingerprint density at radius 3 is 2.81 bits per heavy atom. The molecule has 0 aliphatic rings. The Morgan fingerprint density at radius 1 is 1.33 bits per heavy atom. The minimum absolute atomic E-state index is 0.0507. The number of aromatic nitrogens is 3. The summed E-state index contributed by atoms with van der Waals surface area (Å²) >= 11 is 0. The van der Waals surface area contributed by atoms with E-state index in [0.717, 1.165) is 10.1 Å². The lowest BCUT2D eigenvalue weighted by molar-refractivity contribution is -0.141. The van der Waals surface area contributed by atoms with Crippen LogP contribution in [-0.2, 0) is 16.1 Å². The van der Waals surface area contributed by atoms with E-state index in [1.165, 1.54) is 11.5 Å². The van der Waals surface area contributed by atoms with E-state index < -0.39 is 11.5 Å². The van der Waals surface area contributed by atoms with Crippen molar-refractivity contribution in [1.82, 2.24) is 14.2 Å². The van der Waals surface area contributed by atoms with Gasteiger partial charge in [-0.1, -0.05) is 18.2 Å². The molecule has 2 aromatic heterocycles. The molecule has 0 saturated heterocycles. The largest absolute Gasteiger partial charge is 0.468 e. The molecule has 2 heterocycles. The molecule has 0 aliphatic heterocycles. The van der Waals surface area contributed by atoms with Gasteiger partial charge < -0.3 is 4.74 Å². The average Bonchev–Trinajstić information content (AvgIpc) is 2.90.